The number of thioether (sulfide) groups is 1. The molecule has 0 saturated carbocycles. The van der Waals surface area contributed by atoms with Gasteiger partial charge in [0, 0.05) is 12.1 Å². The fraction of sp³-hybridized carbons (Fsp3) is 0.545. The molecule has 0 aliphatic carbocycles. The molecule has 2 aromatic rings. The first-order chi connectivity index (χ1) is 15.0. The molecule has 0 radical (unpaired) electrons. The number of aromatic nitrogens is 1. The quantitative estimate of drug-likeness (QED) is 0.331. The summed E-state index contributed by atoms with van der Waals surface area (Å²) in [5.74, 6) is 4.31. The lowest BCUT2D eigenvalue weighted by molar-refractivity contribution is -0.118. The van der Waals surface area contributed by atoms with Crippen LogP contribution in [0.25, 0.3) is 11.5 Å². The van der Waals surface area contributed by atoms with Gasteiger partial charge in [-0.25, -0.2) is 4.98 Å². The number of hydrogen-bond donors (Lipinski definition) is 1. The second-order valence-corrected chi connectivity index (χ2v) is 9.67. The molecule has 1 N–H and O–H groups in total. The number of hydrogen-bond acceptors (Lipinski definition) is 7. The molecule has 0 aliphatic heterocycles. The monoisotopic (exact) mass is 468 g/mol. The normalized spacial score (nSPS) is 11.9. The van der Waals surface area contributed by atoms with Gasteiger partial charge in [-0.2, -0.15) is 11.8 Å². The maximum atomic E-state index is 12.4. The summed E-state index contributed by atoms with van der Waals surface area (Å²) in [6.07, 6.45) is 3.35. The van der Waals surface area contributed by atoms with Crippen molar-refractivity contribution in [3.8, 4) is 23.0 Å². The van der Waals surface area contributed by atoms with Crippen LogP contribution in [0.3, 0.4) is 0 Å². The van der Waals surface area contributed by atoms with Crippen molar-refractivity contribution in [3.05, 3.63) is 29.7 Å². The van der Waals surface area contributed by atoms with Crippen LogP contribution in [0.2, 0.25) is 0 Å². The van der Waals surface area contributed by atoms with E-state index in [9.17, 15) is 9.35 Å². The Hall–Kier alpha value is -1.84. The van der Waals surface area contributed by atoms with E-state index in [1.54, 1.807) is 33.3 Å². The van der Waals surface area contributed by atoms with Crippen molar-refractivity contribution in [2.75, 3.05) is 38.0 Å². The van der Waals surface area contributed by atoms with E-state index in [-0.39, 0.29) is 17.4 Å². The highest BCUT2D eigenvalue weighted by Gasteiger charge is 2.20. The lowest BCUT2D eigenvalue weighted by atomic mass is 10.2. The molecule has 1 unspecified atom stereocenters. The van der Waals surface area contributed by atoms with Gasteiger partial charge in [-0.1, -0.05) is 13.3 Å². The maximum absolute atomic E-state index is 12.4. The Kier molecular flexibility index (Phi) is 11.1. The van der Waals surface area contributed by atoms with Crippen LogP contribution in [0.4, 0.5) is 0 Å². The molecule has 7 nitrogen and oxygen atoms in total. The second-order valence-electron chi connectivity index (χ2n) is 6.99. The summed E-state index contributed by atoms with van der Waals surface area (Å²) >= 11 is 0.545. The smallest absolute Gasteiger partial charge is 0.269 e. The molecule has 0 bridgehead atoms. The maximum Gasteiger partial charge on any atom is 0.269 e. The van der Waals surface area contributed by atoms with Gasteiger partial charge in [0.25, 0.3) is 5.91 Å². The molecule has 0 fully saturated rings. The predicted molar refractivity (Wildman–Crippen MR) is 126 cm³/mol. The summed E-state index contributed by atoms with van der Waals surface area (Å²) in [5, 5.41) is 2.84. The van der Waals surface area contributed by atoms with E-state index in [0.717, 1.165) is 23.5 Å². The van der Waals surface area contributed by atoms with Crippen LogP contribution in [0.5, 0.6) is 11.5 Å². The molecule has 172 valence electrons. The molecular weight excluding hydrogens is 436 g/mol. The standard InChI is InChI=1S/C22H32N2O5S2/c1-5-6-11-30-12-7-10-23-21(25)15-31(26)14-18-16(2)29-22(24-18)17-8-9-19(27-3)20(13-17)28-4/h8-9,13H,5-7,10-12,14-15H2,1-4H3,(H,23,25). The second kappa shape index (κ2) is 13.5. The van der Waals surface area contributed by atoms with E-state index < -0.39 is 11.2 Å². The molecule has 0 saturated heterocycles. The van der Waals surface area contributed by atoms with Gasteiger partial charge in [0.2, 0.25) is 5.89 Å². The highest BCUT2D eigenvalue weighted by atomic mass is 32.2. The van der Waals surface area contributed by atoms with Crippen LogP contribution in [-0.4, -0.2) is 53.5 Å². The number of nitrogens with one attached hydrogen (secondary N) is 1. The summed E-state index contributed by atoms with van der Waals surface area (Å²) in [7, 11) is 3.14. The SMILES string of the molecule is CCCCSCCCNC(=O)C[S+]([O-])Cc1nc(-c2ccc(OC)c(OC)c2)oc1C. The Morgan fingerprint density at radius 1 is 1.23 bits per heavy atom. The topological polar surface area (TPSA) is 96.7 Å². The Morgan fingerprint density at radius 2 is 1.97 bits per heavy atom. The predicted octanol–water partition coefficient (Wildman–Crippen LogP) is 3.96. The molecule has 1 amide bonds. The van der Waals surface area contributed by atoms with Crippen molar-refractivity contribution < 1.29 is 23.2 Å². The summed E-state index contributed by atoms with van der Waals surface area (Å²) < 4.78 is 28.8. The van der Waals surface area contributed by atoms with E-state index >= 15 is 0 Å². The zero-order valence-electron chi connectivity index (χ0n) is 18.7. The number of amides is 1. The van der Waals surface area contributed by atoms with Crippen LogP contribution in [0.15, 0.2) is 22.6 Å². The van der Waals surface area contributed by atoms with Gasteiger partial charge in [-0.3, -0.25) is 4.79 Å². The van der Waals surface area contributed by atoms with Crippen molar-refractivity contribution in [2.24, 2.45) is 0 Å². The van der Waals surface area contributed by atoms with Crippen molar-refractivity contribution in [1.82, 2.24) is 10.3 Å². The lowest BCUT2D eigenvalue weighted by Gasteiger charge is -2.10. The van der Waals surface area contributed by atoms with Crippen LogP contribution in [-0.2, 0) is 21.7 Å². The molecule has 1 atom stereocenters. The average molecular weight is 469 g/mol. The summed E-state index contributed by atoms with van der Waals surface area (Å²) in [6, 6.07) is 5.37. The average Bonchev–Trinajstić information content (AvgIpc) is 3.12. The minimum Gasteiger partial charge on any atom is -0.616 e. The van der Waals surface area contributed by atoms with Crippen LogP contribution < -0.4 is 14.8 Å². The van der Waals surface area contributed by atoms with Crippen LogP contribution >= 0.6 is 11.8 Å². The van der Waals surface area contributed by atoms with E-state index in [1.165, 1.54) is 12.8 Å². The molecule has 9 heteroatoms. The third-order valence-electron chi connectivity index (χ3n) is 4.54. The van der Waals surface area contributed by atoms with Crippen LogP contribution in [0, 0.1) is 6.92 Å². The molecule has 1 heterocycles. The van der Waals surface area contributed by atoms with E-state index in [2.05, 4.69) is 17.2 Å². The Balaban J connectivity index is 1.84. The lowest BCUT2D eigenvalue weighted by Crippen LogP contribution is -2.31. The van der Waals surface area contributed by atoms with Crippen LogP contribution in [0.1, 0.15) is 37.6 Å². The summed E-state index contributed by atoms with van der Waals surface area (Å²) in [4.78, 5) is 16.5. The van der Waals surface area contributed by atoms with Gasteiger partial charge in [-0.05, 0) is 60.6 Å². The zero-order chi connectivity index (χ0) is 22.6. The first-order valence-electron chi connectivity index (χ1n) is 10.4. The summed E-state index contributed by atoms with van der Waals surface area (Å²) in [6.45, 7) is 4.57. The fourth-order valence-electron chi connectivity index (χ4n) is 2.81. The van der Waals surface area contributed by atoms with Gasteiger partial charge in [-0.15, -0.1) is 0 Å². The number of ether oxygens (including phenoxy) is 2. The number of carbonyl (C=O) groups is 1. The minimum atomic E-state index is -1.36. The number of nitrogens with zero attached hydrogens (tertiary/aromatic N) is 1. The highest BCUT2D eigenvalue weighted by Crippen LogP contribution is 2.32. The van der Waals surface area contributed by atoms with E-state index in [4.69, 9.17) is 13.9 Å². The Morgan fingerprint density at radius 3 is 2.68 bits per heavy atom. The number of aryl methyl sites for hydroxylation is 1. The highest BCUT2D eigenvalue weighted by molar-refractivity contribution is 7.99. The van der Waals surface area contributed by atoms with E-state index in [0.29, 0.717) is 35.4 Å². The van der Waals surface area contributed by atoms with Crippen molar-refractivity contribution in [1.29, 1.82) is 0 Å². The number of methoxy groups -OCH3 is 2. The number of unbranched alkanes of at least 4 members (excludes halogenated alkanes) is 1. The molecule has 31 heavy (non-hydrogen) atoms. The largest absolute Gasteiger partial charge is 0.616 e. The van der Waals surface area contributed by atoms with Gasteiger partial charge in [0.1, 0.15) is 11.5 Å². The van der Waals surface area contributed by atoms with Crippen molar-refractivity contribution in [3.63, 3.8) is 0 Å². The molecule has 2 rings (SSSR count). The number of carbonyl (C=O) groups excluding carboxylic acids is 1. The molecule has 0 aliphatic rings. The number of benzene rings is 1. The summed E-state index contributed by atoms with van der Waals surface area (Å²) in [5.41, 5.74) is 1.32. The van der Waals surface area contributed by atoms with Gasteiger partial charge in [0.05, 0.1) is 14.2 Å². The molecule has 0 spiro atoms. The number of rotatable bonds is 14. The van der Waals surface area contributed by atoms with Gasteiger partial charge >= 0.3 is 0 Å². The van der Waals surface area contributed by atoms with Crippen molar-refractivity contribution in [2.45, 2.75) is 38.9 Å². The number of oxazole rings is 1. The zero-order valence-corrected chi connectivity index (χ0v) is 20.3. The minimum absolute atomic E-state index is 0.0407. The fourth-order valence-corrected chi connectivity index (χ4v) is 4.92. The van der Waals surface area contributed by atoms with E-state index in [1.807, 2.05) is 17.8 Å². The molecular formula is C22H32N2O5S2. The third-order valence-corrected chi connectivity index (χ3v) is 6.88. The first-order valence-corrected chi connectivity index (χ1v) is 13.0. The molecule has 1 aromatic heterocycles. The van der Waals surface area contributed by atoms with Gasteiger partial charge in [0.15, 0.2) is 23.0 Å². The Labute approximate surface area is 191 Å². The Bertz CT molecular complexity index is 828. The molecule has 1 aromatic carbocycles. The van der Waals surface area contributed by atoms with Gasteiger partial charge < -0.3 is 23.8 Å². The van der Waals surface area contributed by atoms with Crippen molar-refractivity contribution >= 4 is 28.8 Å². The first kappa shape index (κ1) is 25.4. The third kappa shape index (κ3) is 8.31.